The maximum Gasteiger partial charge on any atom is 0.407 e. The van der Waals surface area contributed by atoms with E-state index in [1.165, 1.54) is 18.2 Å². The Morgan fingerprint density at radius 3 is 1.48 bits per heavy atom. The molecule has 27 nitrogen and oxygen atoms in total. The van der Waals surface area contributed by atoms with Crippen LogP contribution in [-0.4, -0.2) is 149 Å². The van der Waals surface area contributed by atoms with Crippen LogP contribution in [0, 0.1) is 0 Å². The predicted octanol–water partition coefficient (Wildman–Crippen LogP) is -0.781. The maximum absolute atomic E-state index is 14.0. The number of rotatable bonds is 44. The van der Waals surface area contributed by atoms with Gasteiger partial charge in [0.15, 0.2) is 0 Å². The third kappa shape index (κ3) is 29.5. The molecule has 6 amide bonds. The number of carbonyl (C=O) groups is 8. The number of ether oxygens (including phenoxy) is 2. The molecule has 0 saturated heterocycles. The Morgan fingerprint density at radius 2 is 0.952 bits per heavy atom. The molecule has 2 aromatic rings. The summed E-state index contributed by atoms with van der Waals surface area (Å²) < 4.78 is 10.9. The zero-order valence-corrected chi connectivity index (χ0v) is 49.8. The topological polar surface area (TPSA) is 443 Å². The minimum atomic E-state index is -1.26. The second-order valence-electron chi connectivity index (χ2n) is 21.9. The third-order valence-electron chi connectivity index (χ3n) is 13.7. The van der Waals surface area contributed by atoms with Gasteiger partial charge in [0.2, 0.25) is 29.5 Å². The van der Waals surface area contributed by atoms with Crippen LogP contribution in [0.25, 0.3) is 11.1 Å². The second-order valence-corrected chi connectivity index (χ2v) is 21.9. The molecule has 2 aromatic carbocycles. The molecule has 23 N–H and O–H groups in total. The molecule has 0 radical (unpaired) electrons. The van der Waals surface area contributed by atoms with Crippen molar-refractivity contribution >= 4 is 47.4 Å². The largest absolute Gasteiger partial charge is 0.454 e. The first-order chi connectivity index (χ1) is 40.1. The lowest BCUT2D eigenvalue weighted by Crippen LogP contribution is -2.59. The van der Waals surface area contributed by atoms with Gasteiger partial charge in [0.05, 0.1) is 18.1 Å². The van der Waals surface area contributed by atoms with Crippen molar-refractivity contribution in [2.75, 3.05) is 52.9 Å². The average molecular weight is 1180 g/mol. The second kappa shape index (κ2) is 40.1. The van der Waals surface area contributed by atoms with Crippen LogP contribution in [-0.2, 0) is 43.0 Å². The molecule has 0 fully saturated rings. The molecule has 4 atom stereocenters. The monoisotopic (exact) mass is 1180 g/mol. The number of esters is 1. The summed E-state index contributed by atoms with van der Waals surface area (Å²) in [6.45, 7) is 7.25. The summed E-state index contributed by atoms with van der Waals surface area (Å²) in [6, 6.07) is 12.4. The first kappa shape index (κ1) is 72.0. The van der Waals surface area contributed by atoms with E-state index in [2.05, 4.69) is 83.0 Å². The number of unbranched alkanes of at least 4 members (excludes halogenated alkanes) is 5. The fourth-order valence-electron chi connectivity index (χ4n) is 9.32. The van der Waals surface area contributed by atoms with Crippen molar-refractivity contribution in [3.63, 3.8) is 0 Å². The number of hydrazine groups is 1. The number of Topliss-reactive ketones (excluding diaryl/α,β-unsaturated/α-hetero) is 1. The van der Waals surface area contributed by atoms with Gasteiger partial charge in [-0.15, -0.1) is 0 Å². The Kier molecular flexibility index (Phi) is 34.4. The van der Waals surface area contributed by atoms with Gasteiger partial charge < -0.3 is 75.8 Å². The number of hydrogen-bond donors (Lipinski definition) is 17. The molecular weight excluding hydrogens is 1080 g/mol. The Morgan fingerprint density at radius 1 is 0.488 bits per heavy atom. The molecule has 0 bridgehead atoms. The highest BCUT2D eigenvalue weighted by atomic mass is 16.6. The molecular formula is C57H99N17O10. The average Bonchev–Trinajstić information content (AvgIpc) is 2.74. The number of fused-ring (bicyclic) bond motifs is 3. The number of benzene rings is 2. The van der Waals surface area contributed by atoms with Gasteiger partial charge in [-0.05, 0) is 146 Å². The summed E-state index contributed by atoms with van der Waals surface area (Å²) in [5, 5.41) is 25.4. The quantitative estimate of drug-likeness (QED) is 0.0127. The molecule has 0 heterocycles. The van der Waals surface area contributed by atoms with E-state index < -0.39 is 78.3 Å². The van der Waals surface area contributed by atoms with Gasteiger partial charge in [-0.25, -0.2) is 20.4 Å². The third-order valence-corrected chi connectivity index (χ3v) is 13.7. The zero-order chi connectivity index (χ0) is 61.9. The Hall–Kier alpha value is -6.24. The van der Waals surface area contributed by atoms with E-state index in [4.69, 9.17) is 43.9 Å². The van der Waals surface area contributed by atoms with E-state index in [9.17, 15) is 38.4 Å². The van der Waals surface area contributed by atoms with Crippen LogP contribution in [0.4, 0.5) is 4.79 Å². The Labute approximate surface area is 494 Å². The Balaban J connectivity index is 1.39. The van der Waals surface area contributed by atoms with Crippen molar-refractivity contribution in [1.29, 1.82) is 0 Å². The fraction of sp³-hybridized carbons (Fsp3) is 0.649. The summed E-state index contributed by atoms with van der Waals surface area (Å²) in [4.78, 5) is 105. The molecule has 0 aliphatic heterocycles. The number of likely N-dealkylation sites (N-methyl/N-ethyl adjacent to an activating group) is 1. The lowest BCUT2D eigenvalue weighted by Gasteiger charge is -2.26. The lowest BCUT2D eigenvalue weighted by atomic mass is 9.98. The van der Waals surface area contributed by atoms with Gasteiger partial charge in [-0.2, -0.15) is 0 Å². The molecule has 3 rings (SSSR count). The SMILES string of the molecule is CNC(=O)C(CCCCNC(=O)[C@H](CCCNC(N)N)NN[C@@H](CCCNC(N)N)C(=O)N[C@@H](CCCNC(N)N)C(=O)C(=O)OC(C)(C)C)NC(=O)CCCCCNC(=O)CCCCCNC(=O)OCC1c2ccccc2-c2ccccc21. The van der Waals surface area contributed by atoms with Gasteiger partial charge >= 0.3 is 12.1 Å². The van der Waals surface area contributed by atoms with Crippen LogP contribution in [0.1, 0.15) is 147 Å². The summed E-state index contributed by atoms with van der Waals surface area (Å²) >= 11 is 0. The smallest absolute Gasteiger partial charge is 0.407 e. The highest BCUT2D eigenvalue weighted by Crippen LogP contribution is 2.44. The first-order valence-electron chi connectivity index (χ1n) is 29.6. The van der Waals surface area contributed by atoms with E-state index in [1.807, 2.05) is 24.3 Å². The number of amides is 6. The van der Waals surface area contributed by atoms with Gasteiger partial charge in [-0.1, -0.05) is 61.4 Å². The van der Waals surface area contributed by atoms with Crippen LogP contribution in [0.2, 0.25) is 0 Å². The zero-order valence-electron chi connectivity index (χ0n) is 49.8. The predicted molar refractivity (Wildman–Crippen MR) is 321 cm³/mol. The van der Waals surface area contributed by atoms with Crippen LogP contribution < -0.4 is 93.1 Å². The van der Waals surface area contributed by atoms with E-state index in [-0.39, 0.29) is 62.5 Å². The molecule has 0 aromatic heterocycles. The molecule has 0 saturated carbocycles. The molecule has 27 heteroatoms. The summed E-state index contributed by atoms with van der Waals surface area (Å²) in [6.07, 6.45) is 4.70. The van der Waals surface area contributed by atoms with Crippen molar-refractivity contribution in [3.05, 3.63) is 59.7 Å². The number of hydrogen-bond acceptors (Lipinski definition) is 21. The van der Waals surface area contributed by atoms with Gasteiger partial charge in [-0.3, -0.25) is 44.7 Å². The van der Waals surface area contributed by atoms with Crippen molar-refractivity contribution in [2.45, 2.75) is 184 Å². The van der Waals surface area contributed by atoms with Gasteiger partial charge in [0.1, 0.15) is 37.1 Å². The van der Waals surface area contributed by atoms with E-state index in [0.717, 1.165) is 17.5 Å². The maximum atomic E-state index is 14.0. The van der Waals surface area contributed by atoms with Crippen molar-refractivity contribution < 1.29 is 47.8 Å². The number of alkyl carbamates (subject to hydrolysis) is 1. The minimum absolute atomic E-state index is 0.00759. The lowest BCUT2D eigenvalue weighted by molar-refractivity contribution is -0.163. The van der Waals surface area contributed by atoms with Gasteiger partial charge in [0, 0.05) is 45.4 Å². The Bertz CT molecular complexity index is 2290. The molecule has 472 valence electrons. The first-order valence-corrected chi connectivity index (χ1v) is 29.6. The number of nitrogens with two attached hydrogens (primary N) is 6. The van der Waals surface area contributed by atoms with E-state index in [1.54, 1.807) is 20.8 Å². The number of nitrogens with one attached hydrogen (secondary N) is 11. The molecule has 1 unspecified atom stereocenters. The van der Waals surface area contributed by atoms with E-state index in [0.29, 0.717) is 110 Å². The number of carbonyl (C=O) groups excluding carboxylic acids is 8. The molecule has 84 heavy (non-hydrogen) atoms. The van der Waals surface area contributed by atoms with Crippen LogP contribution in [0.15, 0.2) is 48.5 Å². The van der Waals surface area contributed by atoms with Crippen LogP contribution in [0.3, 0.4) is 0 Å². The van der Waals surface area contributed by atoms with Crippen molar-refractivity contribution in [2.24, 2.45) is 34.4 Å². The van der Waals surface area contributed by atoms with Gasteiger partial charge in [0.25, 0.3) is 5.78 Å². The van der Waals surface area contributed by atoms with Crippen LogP contribution in [0.5, 0.6) is 0 Å². The summed E-state index contributed by atoms with van der Waals surface area (Å²) in [5.74, 6) is -3.78. The highest BCUT2D eigenvalue weighted by molar-refractivity contribution is 6.36. The van der Waals surface area contributed by atoms with Crippen molar-refractivity contribution in [1.82, 2.24) is 58.7 Å². The molecule has 1 aliphatic rings. The van der Waals surface area contributed by atoms with E-state index >= 15 is 0 Å². The summed E-state index contributed by atoms with van der Waals surface area (Å²) in [7, 11) is 1.49. The molecule has 0 spiro atoms. The van der Waals surface area contributed by atoms with Crippen molar-refractivity contribution in [3.8, 4) is 11.1 Å². The normalized spacial score (nSPS) is 13.5. The highest BCUT2D eigenvalue weighted by Gasteiger charge is 2.34. The number of ketones is 1. The fourth-order valence-corrected chi connectivity index (χ4v) is 9.32. The van der Waals surface area contributed by atoms with Crippen LogP contribution >= 0.6 is 0 Å². The summed E-state index contributed by atoms with van der Waals surface area (Å²) in [5.41, 5.74) is 43.5. The standard InChI is InChI=1S/C57H99N17O10/c1-57(2,3)84-52(81)48(77)42(25-17-33-67-53(58)59)72-51(80)45(27-19-35-69-55(62)63)74-73-44(26-18-34-68-54(60)61)50(79)66-31-16-13-24-43(49(78)64-4)71-47(76)29-8-6-14-30-65-46(75)28-7-5-15-32-70-56(82)83-36-41-39-22-11-9-20-37(39)38-21-10-12-23-40(38)41/h9-12,20-23,41-45,53-55,67-69,73-74H,5-8,13-19,24-36,58-63H2,1-4H3,(H,64,78)(H,65,75)(H,66,79)(H,70,82)(H,71,76)(H,72,80)/t42-,43?,44-,45-/m0/s1. The molecule has 1 aliphatic carbocycles. The minimum Gasteiger partial charge on any atom is -0.454 e.